The molecule has 7 heteroatoms. The lowest BCUT2D eigenvalue weighted by Gasteiger charge is -2.11. The van der Waals surface area contributed by atoms with Crippen molar-refractivity contribution >= 4 is 17.3 Å². The summed E-state index contributed by atoms with van der Waals surface area (Å²) >= 11 is 0. The molecule has 19 heavy (non-hydrogen) atoms. The number of benzene rings is 1. The van der Waals surface area contributed by atoms with Crippen molar-refractivity contribution in [2.24, 2.45) is 5.73 Å². The molecule has 0 aliphatic rings. The summed E-state index contributed by atoms with van der Waals surface area (Å²) in [7, 11) is 0. The van der Waals surface area contributed by atoms with Gasteiger partial charge < -0.3 is 11.1 Å². The van der Waals surface area contributed by atoms with Gasteiger partial charge in [-0.05, 0) is 12.5 Å². The summed E-state index contributed by atoms with van der Waals surface area (Å²) < 4.78 is 0. The Morgan fingerprint density at radius 3 is 2.84 bits per heavy atom. The van der Waals surface area contributed by atoms with Crippen molar-refractivity contribution in [3.63, 3.8) is 0 Å². The summed E-state index contributed by atoms with van der Waals surface area (Å²) in [5, 5.41) is 22.0. The first kappa shape index (κ1) is 14.6. The van der Waals surface area contributed by atoms with Gasteiger partial charge in [0, 0.05) is 12.1 Å². The third-order valence-corrected chi connectivity index (χ3v) is 2.53. The Morgan fingerprint density at radius 1 is 1.63 bits per heavy atom. The number of rotatable bonds is 5. The summed E-state index contributed by atoms with van der Waals surface area (Å²) in [5.41, 5.74) is 5.70. The molecule has 0 heterocycles. The van der Waals surface area contributed by atoms with Crippen LogP contribution >= 0.6 is 0 Å². The number of non-ortho nitro benzene ring substituents is 1. The van der Waals surface area contributed by atoms with E-state index < -0.39 is 16.9 Å². The number of carbonyl (C=O) groups excluding carboxylic acids is 1. The highest BCUT2D eigenvalue weighted by Crippen LogP contribution is 2.21. The third kappa shape index (κ3) is 3.76. The van der Waals surface area contributed by atoms with Crippen LogP contribution in [0.1, 0.15) is 25.3 Å². The van der Waals surface area contributed by atoms with Gasteiger partial charge in [0.2, 0.25) is 5.91 Å². The Balaban J connectivity index is 2.93. The van der Waals surface area contributed by atoms with Gasteiger partial charge in [-0.15, -0.1) is 0 Å². The summed E-state index contributed by atoms with van der Waals surface area (Å²) in [4.78, 5) is 21.7. The standard InChI is InChI=1S/C12H14N4O3/c1-2-3-10(14)12(17)15-11-5-4-9(16(18)19)6-8(11)7-13/h4-6,10H,2-3,14H2,1H3,(H,15,17). The Kier molecular flexibility index (Phi) is 4.97. The van der Waals surface area contributed by atoms with Crippen molar-refractivity contribution in [1.82, 2.24) is 0 Å². The zero-order valence-electron chi connectivity index (χ0n) is 10.4. The van der Waals surface area contributed by atoms with E-state index >= 15 is 0 Å². The number of amides is 1. The zero-order valence-corrected chi connectivity index (χ0v) is 10.4. The Morgan fingerprint density at radius 2 is 2.32 bits per heavy atom. The summed E-state index contributed by atoms with van der Waals surface area (Å²) in [6.45, 7) is 1.90. The van der Waals surface area contributed by atoms with E-state index in [0.29, 0.717) is 6.42 Å². The Hall–Kier alpha value is -2.46. The SMILES string of the molecule is CCCC(N)C(=O)Nc1ccc([N+](=O)[O-])cc1C#N. The van der Waals surface area contributed by atoms with Crippen molar-refractivity contribution in [2.75, 3.05) is 5.32 Å². The number of carbonyl (C=O) groups is 1. The lowest BCUT2D eigenvalue weighted by Crippen LogP contribution is -2.35. The van der Waals surface area contributed by atoms with Crippen molar-refractivity contribution in [2.45, 2.75) is 25.8 Å². The highest BCUT2D eigenvalue weighted by Gasteiger charge is 2.16. The molecule has 0 radical (unpaired) electrons. The number of nitro benzene ring substituents is 1. The molecule has 1 amide bonds. The minimum absolute atomic E-state index is 0.0336. The Bertz CT molecular complexity index is 536. The summed E-state index contributed by atoms with van der Waals surface area (Å²) in [5.74, 6) is -0.410. The predicted molar refractivity (Wildman–Crippen MR) is 69.3 cm³/mol. The molecule has 0 fully saturated rings. The molecule has 7 nitrogen and oxygen atoms in total. The van der Waals surface area contributed by atoms with E-state index in [1.165, 1.54) is 12.1 Å². The smallest absolute Gasteiger partial charge is 0.270 e. The molecule has 100 valence electrons. The van der Waals surface area contributed by atoms with Gasteiger partial charge in [-0.25, -0.2) is 0 Å². The molecule has 1 atom stereocenters. The number of nitrogens with zero attached hydrogens (tertiary/aromatic N) is 2. The summed E-state index contributed by atoms with van der Waals surface area (Å²) in [6, 6.07) is 4.81. The van der Waals surface area contributed by atoms with Crippen LogP contribution in [0.25, 0.3) is 0 Å². The minimum Gasteiger partial charge on any atom is -0.324 e. The normalized spacial score (nSPS) is 11.4. The van der Waals surface area contributed by atoms with Crippen LogP contribution in [0.2, 0.25) is 0 Å². The fraction of sp³-hybridized carbons (Fsp3) is 0.333. The molecule has 0 aromatic heterocycles. The van der Waals surface area contributed by atoms with Crippen LogP contribution in [0.15, 0.2) is 18.2 Å². The fourth-order valence-corrected chi connectivity index (χ4v) is 1.51. The maximum atomic E-state index is 11.7. The first-order chi connectivity index (χ1) is 8.99. The van der Waals surface area contributed by atoms with Crippen molar-refractivity contribution < 1.29 is 9.72 Å². The third-order valence-electron chi connectivity index (χ3n) is 2.53. The number of hydrogen-bond acceptors (Lipinski definition) is 5. The van der Waals surface area contributed by atoms with Crippen molar-refractivity contribution in [1.29, 1.82) is 5.26 Å². The molecule has 0 saturated heterocycles. The molecule has 0 spiro atoms. The van der Waals surface area contributed by atoms with Crippen LogP contribution in [-0.4, -0.2) is 16.9 Å². The number of nitriles is 1. The van der Waals surface area contributed by atoms with Crippen LogP contribution in [0.3, 0.4) is 0 Å². The maximum absolute atomic E-state index is 11.7. The van der Waals surface area contributed by atoms with Gasteiger partial charge in [0.1, 0.15) is 6.07 Å². The van der Waals surface area contributed by atoms with Gasteiger partial charge in [0.15, 0.2) is 0 Å². The maximum Gasteiger partial charge on any atom is 0.270 e. The number of hydrogen-bond donors (Lipinski definition) is 2. The molecular formula is C12H14N4O3. The van der Waals surface area contributed by atoms with Gasteiger partial charge in [0.05, 0.1) is 22.2 Å². The van der Waals surface area contributed by atoms with Gasteiger partial charge in [-0.3, -0.25) is 14.9 Å². The van der Waals surface area contributed by atoms with E-state index in [4.69, 9.17) is 11.0 Å². The molecule has 1 rings (SSSR count). The average molecular weight is 262 g/mol. The van der Waals surface area contributed by atoms with Crippen LogP contribution in [0, 0.1) is 21.4 Å². The highest BCUT2D eigenvalue weighted by molar-refractivity contribution is 5.95. The van der Waals surface area contributed by atoms with E-state index in [9.17, 15) is 14.9 Å². The topological polar surface area (TPSA) is 122 Å². The van der Waals surface area contributed by atoms with E-state index in [1.54, 1.807) is 0 Å². The van der Waals surface area contributed by atoms with Gasteiger partial charge >= 0.3 is 0 Å². The van der Waals surface area contributed by atoms with Gasteiger partial charge in [-0.2, -0.15) is 5.26 Å². The molecule has 0 saturated carbocycles. The number of nitrogens with two attached hydrogens (primary N) is 1. The Labute approximate surface area is 110 Å². The van der Waals surface area contributed by atoms with E-state index in [0.717, 1.165) is 12.5 Å². The van der Waals surface area contributed by atoms with E-state index in [2.05, 4.69) is 5.32 Å². The van der Waals surface area contributed by atoms with Crippen LogP contribution in [-0.2, 0) is 4.79 Å². The summed E-state index contributed by atoms with van der Waals surface area (Å²) in [6.07, 6.45) is 1.29. The molecule has 1 aromatic carbocycles. The largest absolute Gasteiger partial charge is 0.324 e. The average Bonchev–Trinajstić information content (AvgIpc) is 2.39. The number of nitro groups is 1. The number of nitrogens with one attached hydrogen (secondary N) is 1. The molecule has 0 aliphatic carbocycles. The lowest BCUT2D eigenvalue weighted by molar-refractivity contribution is -0.384. The lowest BCUT2D eigenvalue weighted by atomic mass is 10.1. The molecule has 0 aliphatic heterocycles. The minimum atomic E-state index is -0.660. The van der Waals surface area contributed by atoms with E-state index in [1.807, 2.05) is 13.0 Å². The van der Waals surface area contributed by atoms with Crippen molar-refractivity contribution in [3.05, 3.63) is 33.9 Å². The zero-order chi connectivity index (χ0) is 14.4. The second-order valence-electron chi connectivity index (χ2n) is 3.98. The monoisotopic (exact) mass is 262 g/mol. The van der Waals surface area contributed by atoms with Crippen LogP contribution in [0.5, 0.6) is 0 Å². The van der Waals surface area contributed by atoms with Crippen molar-refractivity contribution in [3.8, 4) is 6.07 Å². The highest BCUT2D eigenvalue weighted by atomic mass is 16.6. The van der Waals surface area contributed by atoms with Crippen LogP contribution < -0.4 is 11.1 Å². The molecule has 1 unspecified atom stereocenters. The molecule has 3 N–H and O–H groups in total. The van der Waals surface area contributed by atoms with Gasteiger partial charge in [0.25, 0.3) is 5.69 Å². The number of anilines is 1. The predicted octanol–water partition coefficient (Wildman–Crippen LogP) is 1.53. The quantitative estimate of drug-likeness (QED) is 0.615. The second-order valence-corrected chi connectivity index (χ2v) is 3.98. The first-order valence-corrected chi connectivity index (χ1v) is 5.74. The van der Waals surface area contributed by atoms with Gasteiger partial charge in [-0.1, -0.05) is 13.3 Å². The first-order valence-electron chi connectivity index (χ1n) is 5.74. The van der Waals surface area contributed by atoms with E-state index in [-0.39, 0.29) is 16.9 Å². The van der Waals surface area contributed by atoms with Crippen LogP contribution in [0.4, 0.5) is 11.4 Å². The fourth-order valence-electron chi connectivity index (χ4n) is 1.51. The molecule has 0 bridgehead atoms. The second kappa shape index (κ2) is 6.47. The molecule has 1 aromatic rings. The molecular weight excluding hydrogens is 248 g/mol.